The summed E-state index contributed by atoms with van der Waals surface area (Å²) in [5.41, 5.74) is 2.05. The lowest BCUT2D eigenvalue weighted by atomic mass is 10.1. The zero-order valence-corrected chi connectivity index (χ0v) is 16.5. The van der Waals surface area contributed by atoms with E-state index in [-0.39, 0.29) is 5.91 Å². The number of carbonyl (C=O) groups excluding carboxylic acids is 1. The number of benzene rings is 2. The second-order valence-electron chi connectivity index (χ2n) is 5.41. The van der Waals surface area contributed by atoms with E-state index in [1.54, 1.807) is 24.3 Å². The van der Waals surface area contributed by atoms with Crippen molar-refractivity contribution in [3.05, 3.63) is 52.4 Å². The maximum absolute atomic E-state index is 12.6. The molecule has 0 aliphatic rings. The van der Waals surface area contributed by atoms with Gasteiger partial charge in [0, 0.05) is 21.5 Å². The van der Waals surface area contributed by atoms with Gasteiger partial charge in [0.1, 0.15) is 0 Å². The van der Waals surface area contributed by atoms with Gasteiger partial charge in [-0.05, 0) is 24.3 Å². The molecule has 1 heterocycles. The minimum Gasteiger partial charge on any atom is -0.493 e. The predicted molar refractivity (Wildman–Crippen MR) is 107 cm³/mol. The van der Waals surface area contributed by atoms with Crippen LogP contribution in [0.15, 0.2) is 41.8 Å². The molecule has 0 unspecified atom stereocenters. The summed E-state index contributed by atoms with van der Waals surface area (Å²) in [4.78, 5) is 17.1. The van der Waals surface area contributed by atoms with Crippen LogP contribution in [0.2, 0.25) is 5.02 Å². The van der Waals surface area contributed by atoms with Crippen LogP contribution in [0.3, 0.4) is 0 Å². The number of hydrogen-bond acceptors (Lipinski definition) is 6. The Morgan fingerprint density at radius 1 is 1.04 bits per heavy atom. The van der Waals surface area contributed by atoms with Crippen molar-refractivity contribution < 1.29 is 19.0 Å². The highest BCUT2D eigenvalue weighted by Gasteiger charge is 2.18. The minimum absolute atomic E-state index is 0.328. The van der Waals surface area contributed by atoms with Crippen LogP contribution in [0, 0.1) is 0 Å². The summed E-state index contributed by atoms with van der Waals surface area (Å²) < 4.78 is 15.8. The van der Waals surface area contributed by atoms with Crippen LogP contribution in [0.25, 0.3) is 11.3 Å². The van der Waals surface area contributed by atoms with Gasteiger partial charge in [-0.2, -0.15) is 0 Å². The molecule has 0 saturated heterocycles. The third-order valence-corrected chi connectivity index (χ3v) is 4.80. The van der Waals surface area contributed by atoms with Gasteiger partial charge in [0.05, 0.1) is 27.0 Å². The molecule has 1 amide bonds. The molecule has 0 radical (unpaired) electrons. The number of nitrogens with zero attached hydrogens (tertiary/aromatic N) is 1. The number of carbonyl (C=O) groups is 1. The molecule has 1 aromatic heterocycles. The predicted octanol–water partition coefficient (Wildman–Crippen LogP) is 4.74. The van der Waals surface area contributed by atoms with Crippen molar-refractivity contribution in [2.75, 3.05) is 26.6 Å². The number of thiazole rings is 1. The van der Waals surface area contributed by atoms with E-state index in [0.29, 0.717) is 33.0 Å². The zero-order chi connectivity index (χ0) is 19.4. The van der Waals surface area contributed by atoms with E-state index >= 15 is 0 Å². The third kappa shape index (κ3) is 4.15. The molecule has 3 rings (SSSR count). The standard InChI is InChI=1S/C19H17ClN2O4S/c1-24-15-8-12(9-16(25-2)17(15)26-3)18(23)22-19-21-14(10-27-19)11-4-6-13(20)7-5-11/h4-10H,1-3H3,(H,21,22,23). The Hall–Kier alpha value is -2.77. The molecule has 2 aromatic carbocycles. The van der Waals surface area contributed by atoms with Gasteiger partial charge in [-0.15, -0.1) is 11.3 Å². The molecule has 0 saturated carbocycles. The lowest BCUT2D eigenvalue weighted by Gasteiger charge is -2.13. The highest BCUT2D eigenvalue weighted by atomic mass is 35.5. The molecule has 0 atom stereocenters. The first-order valence-corrected chi connectivity index (χ1v) is 9.14. The van der Waals surface area contributed by atoms with E-state index < -0.39 is 0 Å². The Kier molecular flexibility index (Phi) is 5.83. The number of nitrogens with one attached hydrogen (secondary N) is 1. The average molecular weight is 405 g/mol. The highest BCUT2D eigenvalue weighted by molar-refractivity contribution is 7.14. The monoisotopic (exact) mass is 404 g/mol. The van der Waals surface area contributed by atoms with Gasteiger partial charge in [-0.1, -0.05) is 23.7 Å². The van der Waals surface area contributed by atoms with Crippen LogP contribution in [-0.2, 0) is 0 Å². The van der Waals surface area contributed by atoms with Gasteiger partial charge < -0.3 is 14.2 Å². The third-order valence-electron chi connectivity index (χ3n) is 3.79. The topological polar surface area (TPSA) is 69.7 Å². The van der Waals surface area contributed by atoms with E-state index in [0.717, 1.165) is 11.3 Å². The molecule has 27 heavy (non-hydrogen) atoms. The van der Waals surface area contributed by atoms with E-state index in [2.05, 4.69) is 10.3 Å². The Bertz CT molecular complexity index is 932. The fraction of sp³-hybridized carbons (Fsp3) is 0.158. The molecule has 0 spiro atoms. The van der Waals surface area contributed by atoms with Gasteiger partial charge in [-0.25, -0.2) is 4.98 Å². The first kappa shape index (κ1) is 19.0. The largest absolute Gasteiger partial charge is 0.493 e. The summed E-state index contributed by atoms with van der Waals surface area (Å²) in [5.74, 6) is 0.910. The summed E-state index contributed by atoms with van der Waals surface area (Å²) in [5, 5.41) is 5.80. The lowest BCUT2D eigenvalue weighted by molar-refractivity contribution is 0.102. The van der Waals surface area contributed by atoms with Crippen molar-refractivity contribution >= 4 is 34.0 Å². The normalized spacial score (nSPS) is 10.4. The van der Waals surface area contributed by atoms with Crippen molar-refractivity contribution in [1.82, 2.24) is 4.98 Å². The van der Waals surface area contributed by atoms with Gasteiger partial charge >= 0.3 is 0 Å². The Labute approximate surface area is 165 Å². The number of amides is 1. The lowest BCUT2D eigenvalue weighted by Crippen LogP contribution is -2.12. The molecule has 8 heteroatoms. The fourth-order valence-electron chi connectivity index (χ4n) is 2.47. The van der Waals surface area contributed by atoms with E-state index in [9.17, 15) is 4.79 Å². The number of halogens is 1. The second-order valence-corrected chi connectivity index (χ2v) is 6.71. The summed E-state index contributed by atoms with van der Waals surface area (Å²) in [6, 6.07) is 10.5. The first-order valence-electron chi connectivity index (χ1n) is 7.88. The van der Waals surface area contributed by atoms with Crippen LogP contribution in [0.1, 0.15) is 10.4 Å². The minimum atomic E-state index is -0.328. The number of ether oxygens (including phenoxy) is 3. The summed E-state index contributed by atoms with van der Waals surface area (Å²) in [6.45, 7) is 0. The average Bonchev–Trinajstić information content (AvgIpc) is 3.15. The van der Waals surface area contributed by atoms with Crippen LogP contribution >= 0.6 is 22.9 Å². The molecule has 3 aromatic rings. The van der Waals surface area contributed by atoms with Gasteiger partial charge in [0.15, 0.2) is 16.6 Å². The molecule has 6 nitrogen and oxygen atoms in total. The zero-order valence-electron chi connectivity index (χ0n) is 14.9. The van der Waals surface area contributed by atoms with Crippen molar-refractivity contribution in [2.24, 2.45) is 0 Å². The maximum atomic E-state index is 12.6. The quantitative estimate of drug-likeness (QED) is 0.642. The maximum Gasteiger partial charge on any atom is 0.257 e. The number of methoxy groups -OCH3 is 3. The molecule has 0 fully saturated rings. The van der Waals surface area contributed by atoms with Crippen molar-refractivity contribution in [1.29, 1.82) is 0 Å². The van der Waals surface area contributed by atoms with Crippen LogP contribution in [0.4, 0.5) is 5.13 Å². The van der Waals surface area contributed by atoms with Crippen molar-refractivity contribution in [2.45, 2.75) is 0 Å². The number of rotatable bonds is 6. The van der Waals surface area contributed by atoms with Gasteiger partial charge in [-0.3, -0.25) is 10.1 Å². The van der Waals surface area contributed by atoms with Crippen LogP contribution in [0.5, 0.6) is 17.2 Å². The SMILES string of the molecule is COc1cc(C(=O)Nc2nc(-c3ccc(Cl)cc3)cs2)cc(OC)c1OC. The van der Waals surface area contributed by atoms with Gasteiger partial charge in [0.2, 0.25) is 5.75 Å². The van der Waals surface area contributed by atoms with E-state index in [4.69, 9.17) is 25.8 Å². The molecule has 0 bridgehead atoms. The number of hydrogen-bond donors (Lipinski definition) is 1. The van der Waals surface area contributed by atoms with Gasteiger partial charge in [0.25, 0.3) is 5.91 Å². The first-order chi connectivity index (χ1) is 13.0. The second kappa shape index (κ2) is 8.28. The molecule has 1 N–H and O–H groups in total. The van der Waals surface area contributed by atoms with Crippen molar-refractivity contribution in [3.8, 4) is 28.5 Å². The Morgan fingerprint density at radius 3 is 2.22 bits per heavy atom. The summed E-state index contributed by atoms with van der Waals surface area (Å²) >= 11 is 7.24. The van der Waals surface area contributed by atoms with Crippen LogP contribution < -0.4 is 19.5 Å². The Morgan fingerprint density at radius 2 is 1.67 bits per heavy atom. The smallest absolute Gasteiger partial charge is 0.257 e. The van der Waals surface area contributed by atoms with Crippen LogP contribution in [-0.4, -0.2) is 32.2 Å². The highest BCUT2D eigenvalue weighted by Crippen LogP contribution is 2.38. The summed E-state index contributed by atoms with van der Waals surface area (Å²) in [7, 11) is 4.50. The number of aromatic nitrogens is 1. The molecular weight excluding hydrogens is 388 g/mol. The fourth-order valence-corrected chi connectivity index (χ4v) is 3.31. The molecule has 0 aliphatic heterocycles. The number of anilines is 1. The molecule has 0 aliphatic carbocycles. The molecular formula is C19H17ClN2O4S. The van der Waals surface area contributed by atoms with E-state index in [1.165, 1.54) is 32.7 Å². The van der Waals surface area contributed by atoms with E-state index in [1.807, 2.05) is 17.5 Å². The summed E-state index contributed by atoms with van der Waals surface area (Å²) in [6.07, 6.45) is 0. The Balaban J connectivity index is 1.82. The molecule has 140 valence electrons. The van der Waals surface area contributed by atoms with Crippen molar-refractivity contribution in [3.63, 3.8) is 0 Å².